The van der Waals surface area contributed by atoms with Crippen LogP contribution in [-0.2, 0) is 0 Å². The Balaban J connectivity index is 1.86. The highest BCUT2D eigenvalue weighted by Crippen LogP contribution is 2.24. The summed E-state index contributed by atoms with van der Waals surface area (Å²) in [5.74, 6) is 0.264. The number of phenolic OH excluding ortho intramolecular Hbond substituents is 1. The van der Waals surface area contributed by atoms with E-state index in [-0.39, 0.29) is 5.75 Å². The first-order chi connectivity index (χ1) is 11.1. The molecular weight excluding hydrogens is 306 g/mol. The summed E-state index contributed by atoms with van der Waals surface area (Å²) in [6, 6.07) is 18.9. The number of phenols is 1. The van der Waals surface area contributed by atoms with Gasteiger partial charge >= 0.3 is 0 Å². The number of hydrogen-bond acceptors (Lipinski definition) is 2. The van der Waals surface area contributed by atoms with Crippen molar-refractivity contribution in [2.45, 2.75) is 6.92 Å². The van der Waals surface area contributed by atoms with Crippen LogP contribution in [0.25, 0.3) is 23.3 Å². The maximum Gasteiger partial charge on any atom is 0.115 e. The topological polar surface area (TPSA) is 33.1 Å². The van der Waals surface area contributed by atoms with Crippen molar-refractivity contribution in [3.8, 4) is 16.9 Å². The summed E-state index contributed by atoms with van der Waals surface area (Å²) < 4.78 is 0. The van der Waals surface area contributed by atoms with Gasteiger partial charge in [-0.05, 0) is 54.5 Å². The standard InChI is InChI=1S/C20H16ClNO/c1-14-20(16-6-10-19(23)11-7-16)12-9-18(22-14)8-5-15-3-2-4-17(21)13-15/h2-13,23H,1H3. The van der Waals surface area contributed by atoms with Crippen molar-refractivity contribution in [1.82, 2.24) is 4.98 Å². The average molecular weight is 322 g/mol. The third-order valence-electron chi connectivity index (χ3n) is 3.58. The van der Waals surface area contributed by atoms with E-state index in [1.807, 2.05) is 67.6 Å². The van der Waals surface area contributed by atoms with Gasteiger partial charge in [0.15, 0.2) is 0 Å². The number of aromatic hydroxyl groups is 1. The van der Waals surface area contributed by atoms with Crippen LogP contribution in [0.4, 0.5) is 0 Å². The van der Waals surface area contributed by atoms with Crippen LogP contribution < -0.4 is 0 Å². The second-order valence-electron chi connectivity index (χ2n) is 5.30. The second kappa shape index (κ2) is 6.67. The Labute approximate surface area is 140 Å². The number of hydrogen-bond donors (Lipinski definition) is 1. The minimum atomic E-state index is 0.264. The molecule has 2 nitrogen and oxygen atoms in total. The quantitative estimate of drug-likeness (QED) is 0.682. The first-order valence-electron chi connectivity index (χ1n) is 7.32. The summed E-state index contributed by atoms with van der Waals surface area (Å²) in [5, 5.41) is 10.1. The van der Waals surface area contributed by atoms with E-state index < -0.39 is 0 Å². The largest absolute Gasteiger partial charge is 0.508 e. The lowest BCUT2D eigenvalue weighted by Gasteiger charge is -2.06. The van der Waals surface area contributed by atoms with Gasteiger partial charge < -0.3 is 5.11 Å². The van der Waals surface area contributed by atoms with E-state index in [1.54, 1.807) is 12.1 Å². The lowest BCUT2D eigenvalue weighted by atomic mass is 10.0. The highest BCUT2D eigenvalue weighted by atomic mass is 35.5. The van der Waals surface area contributed by atoms with Crippen molar-refractivity contribution in [3.05, 3.63) is 82.6 Å². The number of pyridine rings is 1. The highest BCUT2D eigenvalue weighted by Gasteiger charge is 2.03. The number of benzene rings is 2. The van der Waals surface area contributed by atoms with Crippen LogP contribution in [0, 0.1) is 6.92 Å². The Morgan fingerprint density at radius 3 is 2.43 bits per heavy atom. The lowest BCUT2D eigenvalue weighted by Crippen LogP contribution is -1.90. The van der Waals surface area contributed by atoms with Crippen molar-refractivity contribution >= 4 is 23.8 Å². The number of aromatic nitrogens is 1. The SMILES string of the molecule is Cc1nc(C=Cc2cccc(Cl)c2)ccc1-c1ccc(O)cc1. The molecule has 3 aromatic rings. The second-order valence-corrected chi connectivity index (χ2v) is 5.74. The molecule has 1 N–H and O–H groups in total. The molecule has 23 heavy (non-hydrogen) atoms. The maximum atomic E-state index is 9.38. The van der Waals surface area contributed by atoms with Crippen molar-refractivity contribution in [1.29, 1.82) is 0 Å². The molecule has 0 fully saturated rings. The molecule has 0 atom stereocenters. The van der Waals surface area contributed by atoms with E-state index >= 15 is 0 Å². The van der Waals surface area contributed by atoms with Gasteiger partial charge in [0.05, 0.1) is 5.69 Å². The lowest BCUT2D eigenvalue weighted by molar-refractivity contribution is 0.475. The van der Waals surface area contributed by atoms with E-state index in [1.165, 1.54) is 0 Å². The molecule has 0 saturated heterocycles. The summed E-state index contributed by atoms with van der Waals surface area (Å²) in [7, 11) is 0. The molecule has 114 valence electrons. The van der Waals surface area contributed by atoms with Crippen LogP contribution >= 0.6 is 11.6 Å². The van der Waals surface area contributed by atoms with E-state index in [2.05, 4.69) is 4.98 Å². The van der Waals surface area contributed by atoms with Crippen molar-refractivity contribution in [2.24, 2.45) is 0 Å². The minimum Gasteiger partial charge on any atom is -0.508 e. The van der Waals surface area contributed by atoms with Gasteiger partial charge in [-0.2, -0.15) is 0 Å². The summed E-state index contributed by atoms with van der Waals surface area (Å²) in [6.07, 6.45) is 3.97. The highest BCUT2D eigenvalue weighted by molar-refractivity contribution is 6.30. The summed E-state index contributed by atoms with van der Waals surface area (Å²) in [5.41, 5.74) is 4.98. The van der Waals surface area contributed by atoms with E-state index in [9.17, 15) is 5.11 Å². The van der Waals surface area contributed by atoms with Crippen LogP contribution in [0.1, 0.15) is 17.0 Å². The summed E-state index contributed by atoms with van der Waals surface area (Å²) in [4.78, 5) is 4.63. The fourth-order valence-corrected chi connectivity index (χ4v) is 2.61. The zero-order valence-corrected chi connectivity index (χ0v) is 13.5. The Morgan fingerprint density at radius 1 is 0.957 bits per heavy atom. The number of aryl methyl sites for hydroxylation is 1. The maximum absolute atomic E-state index is 9.38. The van der Waals surface area contributed by atoms with Crippen LogP contribution in [0.2, 0.25) is 5.02 Å². The van der Waals surface area contributed by atoms with Gasteiger partial charge in [-0.1, -0.05) is 48.0 Å². The van der Waals surface area contributed by atoms with Gasteiger partial charge in [-0.25, -0.2) is 0 Å². The monoisotopic (exact) mass is 321 g/mol. The number of nitrogens with zero attached hydrogens (tertiary/aromatic N) is 1. The van der Waals surface area contributed by atoms with E-state index in [0.29, 0.717) is 0 Å². The molecule has 0 aliphatic carbocycles. The third-order valence-corrected chi connectivity index (χ3v) is 3.82. The summed E-state index contributed by atoms with van der Waals surface area (Å²) >= 11 is 5.98. The van der Waals surface area contributed by atoms with Crippen LogP contribution in [0.5, 0.6) is 5.75 Å². The molecule has 0 amide bonds. The van der Waals surface area contributed by atoms with Gasteiger partial charge in [0.25, 0.3) is 0 Å². The molecule has 0 aliphatic heterocycles. The average Bonchev–Trinajstić information content (AvgIpc) is 2.54. The third kappa shape index (κ3) is 3.79. The molecule has 0 bridgehead atoms. The Morgan fingerprint density at radius 2 is 1.74 bits per heavy atom. The van der Waals surface area contributed by atoms with E-state index in [0.717, 1.165) is 33.1 Å². The first kappa shape index (κ1) is 15.3. The Kier molecular flexibility index (Phi) is 4.45. The van der Waals surface area contributed by atoms with Gasteiger partial charge in [-0.15, -0.1) is 0 Å². The number of rotatable bonds is 3. The van der Waals surface area contributed by atoms with Crippen LogP contribution in [0.15, 0.2) is 60.7 Å². The van der Waals surface area contributed by atoms with Crippen molar-refractivity contribution in [3.63, 3.8) is 0 Å². The summed E-state index contributed by atoms with van der Waals surface area (Å²) in [6.45, 7) is 1.99. The fourth-order valence-electron chi connectivity index (χ4n) is 2.41. The zero-order valence-electron chi connectivity index (χ0n) is 12.7. The smallest absolute Gasteiger partial charge is 0.115 e. The molecule has 3 rings (SSSR count). The molecule has 1 heterocycles. The molecule has 0 aliphatic rings. The van der Waals surface area contributed by atoms with Gasteiger partial charge in [-0.3, -0.25) is 4.98 Å². The van der Waals surface area contributed by atoms with Crippen molar-refractivity contribution in [2.75, 3.05) is 0 Å². The Hall–Kier alpha value is -2.58. The molecule has 0 unspecified atom stereocenters. The van der Waals surface area contributed by atoms with E-state index in [4.69, 9.17) is 11.6 Å². The number of halogens is 1. The zero-order chi connectivity index (χ0) is 16.2. The normalized spacial score (nSPS) is 11.0. The molecule has 1 aromatic heterocycles. The van der Waals surface area contributed by atoms with Crippen LogP contribution in [0.3, 0.4) is 0 Å². The molecule has 2 aromatic carbocycles. The van der Waals surface area contributed by atoms with Gasteiger partial charge in [0.2, 0.25) is 0 Å². The van der Waals surface area contributed by atoms with Crippen LogP contribution in [-0.4, -0.2) is 10.1 Å². The molecule has 0 saturated carbocycles. The molecule has 3 heteroatoms. The van der Waals surface area contributed by atoms with Gasteiger partial charge in [0.1, 0.15) is 5.75 Å². The minimum absolute atomic E-state index is 0.264. The molecule has 0 spiro atoms. The predicted molar refractivity (Wildman–Crippen MR) is 96.5 cm³/mol. The van der Waals surface area contributed by atoms with Gasteiger partial charge in [0, 0.05) is 16.3 Å². The molecular formula is C20H16ClNO. The fraction of sp³-hybridized carbons (Fsp3) is 0.0500. The Bertz CT molecular complexity index is 854. The first-order valence-corrected chi connectivity index (χ1v) is 7.70. The molecule has 0 radical (unpaired) electrons. The predicted octanol–water partition coefficient (Wildman–Crippen LogP) is 5.59. The van der Waals surface area contributed by atoms with Crippen molar-refractivity contribution < 1.29 is 5.11 Å².